The van der Waals surface area contributed by atoms with Crippen LogP contribution in [0.25, 0.3) is 33.8 Å². The molecule has 0 aliphatic rings. The van der Waals surface area contributed by atoms with Gasteiger partial charge in [0, 0.05) is 39.5 Å². The van der Waals surface area contributed by atoms with E-state index < -0.39 is 5.97 Å². The first-order valence-corrected chi connectivity index (χ1v) is 13.6. The molecule has 47 heavy (non-hydrogen) atoms. The fourth-order valence-corrected chi connectivity index (χ4v) is 4.80. The Morgan fingerprint density at radius 1 is 0.766 bits per heavy atom. The van der Waals surface area contributed by atoms with Crippen LogP contribution in [0.15, 0.2) is 97.2 Å². The van der Waals surface area contributed by atoms with Crippen molar-refractivity contribution in [2.75, 3.05) is 6.54 Å². The topological polar surface area (TPSA) is 244 Å². The zero-order valence-corrected chi connectivity index (χ0v) is 27.8. The lowest BCUT2D eigenvalue weighted by Crippen LogP contribution is -2.25. The Morgan fingerprint density at radius 2 is 1.36 bits per heavy atom. The fraction of sp³-hybridized carbons (Fsp3) is 0.0968. The van der Waals surface area contributed by atoms with Gasteiger partial charge in [-0.3, -0.25) is 30.9 Å². The molecule has 254 valence electrons. The Balaban J connectivity index is 0. The second-order valence-electron chi connectivity index (χ2n) is 9.12. The molecule has 0 radical (unpaired) electrons. The number of carbonyl (C=O) groups is 2. The van der Waals surface area contributed by atoms with Crippen molar-refractivity contribution in [3.8, 4) is 33.8 Å². The predicted octanol–water partition coefficient (Wildman–Crippen LogP) is 4.03. The van der Waals surface area contributed by atoms with Crippen LogP contribution < -0.4 is 17.0 Å². The number of benzene rings is 3. The van der Waals surface area contributed by atoms with Crippen molar-refractivity contribution in [3.05, 3.63) is 118 Å². The van der Waals surface area contributed by atoms with Crippen LogP contribution in [0, 0.1) is 0 Å². The summed E-state index contributed by atoms with van der Waals surface area (Å²) in [5, 5.41) is 17.3. The Hall–Kier alpha value is -4.08. The third kappa shape index (κ3) is 12.2. The highest BCUT2D eigenvalue weighted by Gasteiger charge is 2.14. The number of amides is 1. The van der Waals surface area contributed by atoms with Gasteiger partial charge in [-0.15, -0.1) is 24.8 Å². The van der Waals surface area contributed by atoms with Gasteiger partial charge in [0.05, 0.1) is 30.0 Å². The van der Waals surface area contributed by atoms with Gasteiger partial charge in [0.25, 0.3) is 5.91 Å². The third-order valence-electron chi connectivity index (χ3n) is 6.25. The molecule has 0 aliphatic carbocycles. The lowest BCUT2D eigenvalue weighted by molar-refractivity contribution is -0.136. The third-order valence-corrected chi connectivity index (χ3v) is 6.69. The van der Waals surface area contributed by atoms with Crippen LogP contribution in [-0.4, -0.2) is 54.7 Å². The summed E-state index contributed by atoms with van der Waals surface area (Å²) >= 11 is 12.5. The number of nitrogens with zero attached hydrogens (tertiary/aromatic N) is 3. The molecule has 0 fully saturated rings. The summed E-state index contributed by atoms with van der Waals surface area (Å²) in [5.41, 5.74) is 6.69. The van der Waals surface area contributed by atoms with Crippen molar-refractivity contribution in [2.24, 2.45) is 11.7 Å². The Bertz CT molecular complexity index is 1650. The van der Waals surface area contributed by atoms with Gasteiger partial charge in [-0.25, -0.2) is 0 Å². The Morgan fingerprint density at radius 3 is 1.91 bits per heavy atom. The van der Waals surface area contributed by atoms with Crippen LogP contribution in [0.3, 0.4) is 0 Å². The minimum atomic E-state index is -0.962. The number of nitrogens with two attached hydrogens (primary N) is 2. The summed E-state index contributed by atoms with van der Waals surface area (Å²) in [6, 6.07) is 28.4. The van der Waals surface area contributed by atoms with Gasteiger partial charge in [-0.1, -0.05) is 65.7 Å². The average Bonchev–Trinajstić information content (AvgIpc) is 3.42. The van der Waals surface area contributed by atoms with Crippen LogP contribution in [0.2, 0.25) is 10.0 Å². The first kappa shape index (κ1) is 45.0. The van der Waals surface area contributed by atoms with Crippen LogP contribution >= 0.6 is 48.0 Å². The molecule has 3 aromatic carbocycles. The Labute approximate surface area is 293 Å². The normalized spacial score (nSPS) is 9.36. The predicted molar refractivity (Wildman–Crippen MR) is 190 cm³/mol. The summed E-state index contributed by atoms with van der Waals surface area (Å²) in [6.45, 7) is 0.522. The number of hydrogen-bond donors (Lipinski definition) is 4. The number of carboxylic acid groups (broad SMARTS) is 1. The minimum Gasteiger partial charge on any atom is -0.481 e. The van der Waals surface area contributed by atoms with Crippen molar-refractivity contribution in [3.63, 3.8) is 0 Å². The van der Waals surface area contributed by atoms with Crippen LogP contribution in [0.1, 0.15) is 22.3 Å². The SMILES string of the molecule is Cl.Cl.NN.O.O.O.O=C(O)CCNC(=O)c1ccc(Cn2nc(-c3cc(Cl)cc(Cl)c3)cc2-c2ccc(-c3ccccn3)cc2)cc1. The van der Waals surface area contributed by atoms with Crippen molar-refractivity contribution in [1.29, 1.82) is 0 Å². The van der Waals surface area contributed by atoms with Crippen LogP contribution in [0.5, 0.6) is 0 Å². The molecule has 16 heteroatoms. The summed E-state index contributed by atoms with van der Waals surface area (Å²) in [7, 11) is 0. The number of aromatic nitrogens is 3. The molecule has 0 saturated heterocycles. The van der Waals surface area contributed by atoms with E-state index in [0.29, 0.717) is 22.2 Å². The van der Waals surface area contributed by atoms with E-state index in [1.54, 1.807) is 24.4 Å². The number of halogens is 4. The number of pyridine rings is 1. The van der Waals surface area contributed by atoms with Crippen molar-refractivity contribution < 1.29 is 31.1 Å². The number of carbonyl (C=O) groups excluding carboxylic acids is 1. The first-order chi connectivity index (χ1) is 20.4. The molecular formula is C31H36Cl4N6O6. The maximum atomic E-state index is 12.3. The number of rotatable bonds is 9. The summed E-state index contributed by atoms with van der Waals surface area (Å²) in [6.07, 6.45) is 1.64. The molecule has 0 bridgehead atoms. The van der Waals surface area contributed by atoms with Crippen LogP contribution in [-0.2, 0) is 11.3 Å². The summed E-state index contributed by atoms with van der Waals surface area (Å²) in [4.78, 5) is 27.5. The van der Waals surface area contributed by atoms with E-state index in [9.17, 15) is 9.59 Å². The zero-order valence-electron chi connectivity index (χ0n) is 24.7. The van der Waals surface area contributed by atoms with Gasteiger partial charge in [0.1, 0.15) is 0 Å². The molecule has 2 aromatic heterocycles. The number of nitrogens with one attached hydrogen (secondary N) is 1. The van der Waals surface area contributed by atoms with Gasteiger partial charge in [0.2, 0.25) is 0 Å². The lowest BCUT2D eigenvalue weighted by atomic mass is 10.0. The van der Waals surface area contributed by atoms with E-state index in [0.717, 1.165) is 39.3 Å². The molecule has 1 amide bonds. The lowest BCUT2D eigenvalue weighted by Gasteiger charge is -2.10. The molecule has 0 aliphatic heterocycles. The molecule has 12 nitrogen and oxygen atoms in total. The van der Waals surface area contributed by atoms with E-state index in [-0.39, 0.29) is 60.1 Å². The second-order valence-corrected chi connectivity index (χ2v) is 9.99. The summed E-state index contributed by atoms with van der Waals surface area (Å²) < 4.78 is 1.90. The number of carboxylic acids is 1. The second kappa shape index (κ2) is 21.7. The fourth-order valence-electron chi connectivity index (χ4n) is 4.28. The highest BCUT2D eigenvalue weighted by Crippen LogP contribution is 2.31. The standard InChI is InChI=1S/C31H24Cl2N4O3.2ClH.H4N2.3H2O/c32-25-15-24(16-26(33)17-25)28-18-29(22-10-8-21(9-11-22)27-3-1-2-13-34-27)37(36-28)19-20-4-6-23(7-5-20)31(40)35-14-12-30(38)39;;;1-2;;;/h1-11,13,15-18H,12,14,19H2,(H,35,40)(H,38,39);2*1H;1-2H2;3*1H2. The number of hydrazine groups is 1. The van der Waals surface area contributed by atoms with Crippen molar-refractivity contribution in [2.45, 2.75) is 13.0 Å². The molecule has 0 spiro atoms. The van der Waals surface area contributed by atoms with Crippen LogP contribution in [0.4, 0.5) is 0 Å². The number of aliphatic carboxylic acids is 1. The molecule has 12 N–H and O–H groups in total. The molecule has 0 atom stereocenters. The van der Waals surface area contributed by atoms with Gasteiger partial charge >= 0.3 is 5.97 Å². The Kier molecular flexibility index (Phi) is 20.8. The maximum Gasteiger partial charge on any atom is 0.305 e. The monoisotopic (exact) mass is 728 g/mol. The minimum absolute atomic E-state index is 0. The van der Waals surface area contributed by atoms with Crippen molar-refractivity contribution in [1.82, 2.24) is 20.1 Å². The average molecular weight is 730 g/mol. The van der Waals surface area contributed by atoms with E-state index >= 15 is 0 Å². The molecule has 5 aromatic rings. The van der Waals surface area contributed by atoms with E-state index in [2.05, 4.69) is 22.0 Å². The molecule has 2 heterocycles. The molecular weight excluding hydrogens is 694 g/mol. The highest BCUT2D eigenvalue weighted by molar-refractivity contribution is 6.35. The van der Waals surface area contributed by atoms with E-state index in [1.807, 2.05) is 77.5 Å². The first-order valence-electron chi connectivity index (χ1n) is 12.8. The van der Waals surface area contributed by atoms with Gasteiger partial charge in [-0.05, 0) is 59.7 Å². The largest absolute Gasteiger partial charge is 0.481 e. The van der Waals surface area contributed by atoms with Crippen molar-refractivity contribution >= 4 is 59.9 Å². The quantitative estimate of drug-likeness (QED) is 0.128. The van der Waals surface area contributed by atoms with E-state index in [4.69, 9.17) is 33.4 Å². The maximum absolute atomic E-state index is 12.3. The van der Waals surface area contributed by atoms with Gasteiger partial charge in [0.15, 0.2) is 0 Å². The summed E-state index contributed by atoms with van der Waals surface area (Å²) in [5.74, 6) is 6.72. The van der Waals surface area contributed by atoms with E-state index in [1.165, 1.54) is 0 Å². The number of hydrogen-bond acceptors (Lipinski definition) is 6. The molecule has 0 unspecified atom stereocenters. The zero-order chi connectivity index (χ0) is 30.1. The molecule has 0 saturated carbocycles. The highest BCUT2D eigenvalue weighted by atomic mass is 35.5. The van der Waals surface area contributed by atoms with Gasteiger partial charge < -0.3 is 26.9 Å². The van der Waals surface area contributed by atoms with Gasteiger partial charge in [-0.2, -0.15) is 5.10 Å². The smallest absolute Gasteiger partial charge is 0.305 e. The molecule has 5 rings (SSSR count).